The molecule has 0 atom stereocenters. The molecule has 0 aliphatic carbocycles. The maximum Gasteiger partial charge on any atom is 0.233 e. The van der Waals surface area contributed by atoms with Crippen LogP contribution in [0.2, 0.25) is 0 Å². The van der Waals surface area contributed by atoms with Crippen molar-refractivity contribution in [2.45, 2.75) is 11.7 Å². The lowest BCUT2D eigenvalue weighted by molar-refractivity contribution is -0.127. The highest BCUT2D eigenvalue weighted by atomic mass is 32.2. The molecule has 20 heavy (non-hydrogen) atoms. The largest absolute Gasteiger partial charge is 0.368 e. The molecule has 0 saturated carbocycles. The number of nitrogen functional groups attached to an aromatic ring is 2. The molecule has 2 aromatic rings. The van der Waals surface area contributed by atoms with Gasteiger partial charge in [0.05, 0.1) is 5.75 Å². The Labute approximate surface area is 124 Å². The standard InChI is InChI=1S/C11H14N6OS2/c1-17(4-7-2-3-19-5-7)8(18)6-20-11-15-9(12)14-10(13)16-11/h2-3,5H,4,6H2,1H3,(H4,12,13,14,15,16). The smallest absolute Gasteiger partial charge is 0.233 e. The van der Waals surface area contributed by atoms with Crippen molar-refractivity contribution in [3.05, 3.63) is 22.4 Å². The van der Waals surface area contributed by atoms with Crippen molar-refractivity contribution in [3.8, 4) is 0 Å². The van der Waals surface area contributed by atoms with Gasteiger partial charge < -0.3 is 16.4 Å². The van der Waals surface area contributed by atoms with Crippen LogP contribution in [0.3, 0.4) is 0 Å². The van der Waals surface area contributed by atoms with E-state index in [2.05, 4.69) is 15.0 Å². The zero-order chi connectivity index (χ0) is 14.5. The zero-order valence-electron chi connectivity index (χ0n) is 10.8. The second-order valence-electron chi connectivity index (χ2n) is 4.00. The summed E-state index contributed by atoms with van der Waals surface area (Å²) in [6, 6.07) is 2.00. The maximum atomic E-state index is 12.0. The summed E-state index contributed by atoms with van der Waals surface area (Å²) in [4.78, 5) is 25.1. The minimum atomic E-state index is -0.0150. The van der Waals surface area contributed by atoms with Gasteiger partial charge >= 0.3 is 0 Å². The Morgan fingerprint density at radius 1 is 1.35 bits per heavy atom. The van der Waals surface area contributed by atoms with Gasteiger partial charge in [-0.05, 0) is 22.4 Å². The summed E-state index contributed by atoms with van der Waals surface area (Å²) in [7, 11) is 1.76. The third kappa shape index (κ3) is 4.07. The number of rotatable bonds is 5. The van der Waals surface area contributed by atoms with Crippen molar-refractivity contribution in [1.82, 2.24) is 19.9 Å². The number of carbonyl (C=O) groups excluding carboxylic acids is 1. The highest BCUT2D eigenvalue weighted by Crippen LogP contribution is 2.15. The number of amides is 1. The second-order valence-corrected chi connectivity index (χ2v) is 5.73. The molecule has 7 nitrogen and oxygen atoms in total. The number of hydrogen-bond donors (Lipinski definition) is 2. The molecule has 2 heterocycles. The molecule has 2 aromatic heterocycles. The summed E-state index contributed by atoms with van der Waals surface area (Å²) in [5.41, 5.74) is 12.0. The predicted octanol–water partition coefficient (Wildman–Crippen LogP) is 0.848. The predicted molar refractivity (Wildman–Crippen MR) is 80.2 cm³/mol. The highest BCUT2D eigenvalue weighted by Gasteiger charge is 2.12. The zero-order valence-corrected chi connectivity index (χ0v) is 12.4. The normalized spacial score (nSPS) is 10.4. The van der Waals surface area contributed by atoms with Gasteiger partial charge in [-0.15, -0.1) is 0 Å². The third-order valence-corrected chi connectivity index (χ3v) is 3.96. The van der Waals surface area contributed by atoms with Crippen molar-refractivity contribution < 1.29 is 4.79 Å². The molecule has 2 rings (SSSR count). The number of nitrogens with zero attached hydrogens (tertiary/aromatic N) is 4. The van der Waals surface area contributed by atoms with E-state index in [0.29, 0.717) is 11.7 Å². The van der Waals surface area contributed by atoms with E-state index < -0.39 is 0 Å². The van der Waals surface area contributed by atoms with Crippen LogP contribution in [0.1, 0.15) is 5.56 Å². The van der Waals surface area contributed by atoms with Gasteiger partial charge in [0.15, 0.2) is 5.16 Å². The number of anilines is 2. The number of hydrogen-bond acceptors (Lipinski definition) is 8. The lowest BCUT2D eigenvalue weighted by Gasteiger charge is -2.15. The average molecular weight is 310 g/mol. The molecule has 0 unspecified atom stereocenters. The molecule has 0 saturated heterocycles. The number of thiophene rings is 1. The van der Waals surface area contributed by atoms with Gasteiger partial charge in [0.2, 0.25) is 17.8 Å². The number of aromatic nitrogens is 3. The SMILES string of the molecule is CN(Cc1ccsc1)C(=O)CSc1nc(N)nc(N)n1. The van der Waals surface area contributed by atoms with E-state index >= 15 is 0 Å². The lowest BCUT2D eigenvalue weighted by atomic mass is 10.3. The molecule has 0 radical (unpaired) electrons. The topological polar surface area (TPSA) is 111 Å². The monoisotopic (exact) mass is 310 g/mol. The van der Waals surface area contributed by atoms with Crippen molar-refractivity contribution in [3.63, 3.8) is 0 Å². The van der Waals surface area contributed by atoms with E-state index in [1.165, 1.54) is 11.8 Å². The Morgan fingerprint density at radius 3 is 2.65 bits per heavy atom. The van der Waals surface area contributed by atoms with E-state index in [0.717, 1.165) is 5.56 Å². The number of nitrogens with two attached hydrogens (primary N) is 2. The minimum Gasteiger partial charge on any atom is -0.368 e. The maximum absolute atomic E-state index is 12.0. The fourth-order valence-electron chi connectivity index (χ4n) is 1.43. The summed E-state index contributed by atoms with van der Waals surface area (Å²) in [6.07, 6.45) is 0. The van der Waals surface area contributed by atoms with Gasteiger partial charge in [-0.3, -0.25) is 4.79 Å². The fourth-order valence-corrected chi connectivity index (χ4v) is 2.88. The molecule has 0 aromatic carbocycles. The fraction of sp³-hybridized carbons (Fsp3) is 0.273. The quantitative estimate of drug-likeness (QED) is 0.787. The van der Waals surface area contributed by atoms with Crippen molar-refractivity contribution in [2.75, 3.05) is 24.3 Å². The Hall–Kier alpha value is -1.87. The molecule has 106 valence electrons. The summed E-state index contributed by atoms with van der Waals surface area (Å²) in [5.74, 6) is 0.320. The highest BCUT2D eigenvalue weighted by molar-refractivity contribution is 7.99. The van der Waals surface area contributed by atoms with Crippen LogP contribution in [0.5, 0.6) is 0 Å². The Morgan fingerprint density at radius 2 is 2.05 bits per heavy atom. The first-order valence-electron chi connectivity index (χ1n) is 5.69. The van der Waals surface area contributed by atoms with Gasteiger partial charge in [-0.2, -0.15) is 26.3 Å². The minimum absolute atomic E-state index is 0.0150. The van der Waals surface area contributed by atoms with Gasteiger partial charge in [-0.25, -0.2) is 0 Å². The number of carbonyl (C=O) groups is 1. The van der Waals surface area contributed by atoms with Crippen LogP contribution in [0.25, 0.3) is 0 Å². The molecular formula is C11H14N6OS2. The van der Waals surface area contributed by atoms with Crippen LogP contribution >= 0.6 is 23.1 Å². The third-order valence-electron chi connectivity index (χ3n) is 2.40. The van der Waals surface area contributed by atoms with Crippen molar-refractivity contribution in [2.24, 2.45) is 0 Å². The molecule has 0 aliphatic heterocycles. The summed E-state index contributed by atoms with van der Waals surface area (Å²) < 4.78 is 0. The van der Waals surface area contributed by atoms with Crippen LogP contribution in [-0.2, 0) is 11.3 Å². The summed E-state index contributed by atoms with van der Waals surface area (Å²) >= 11 is 2.80. The van der Waals surface area contributed by atoms with Crippen molar-refractivity contribution in [1.29, 1.82) is 0 Å². The van der Waals surface area contributed by atoms with Crippen LogP contribution in [0.4, 0.5) is 11.9 Å². The van der Waals surface area contributed by atoms with Crippen LogP contribution in [-0.4, -0.2) is 38.6 Å². The molecule has 0 aliphatic rings. The Balaban J connectivity index is 1.88. The lowest BCUT2D eigenvalue weighted by Crippen LogP contribution is -2.27. The van der Waals surface area contributed by atoms with Gasteiger partial charge in [0, 0.05) is 13.6 Å². The number of thioether (sulfide) groups is 1. The Bertz CT molecular complexity index is 568. The molecule has 0 spiro atoms. The molecular weight excluding hydrogens is 296 g/mol. The van der Waals surface area contributed by atoms with Gasteiger partial charge in [0.1, 0.15) is 0 Å². The van der Waals surface area contributed by atoms with Crippen molar-refractivity contribution >= 4 is 40.9 Å². The van der Waals surface area contributed by atoms with E-state index in [9.17, 15) is 4.79 Å². The first-order chi connectivity index (χ1) is 9.54. The Kier molecular flexibility index (Phi) is 4.74. The van der Waals surface area contributed by atoms with E-state index in [1.54, 1.807) is 23.3 Å². The molecule has 4 N–H and O–H groups in total. The molecule has 9 heteroatoms. The first-order valence-corrected chi connectivity index (χ1v) is 7.62. The van der Waals surface area contributed by atoms with Gasteiger partial charge in [-0.1, -0.05) is 11.8 Å². The van der Waals surface area contributed by atoms with E-state index in [1.807, 2.05) is 16.8 Å². The second kappa shape index (κ2) is 6.53. The van der Waals surface area contributed by atoms with E-state index in [4.69, 9.17) is 11.5 Å². The summed E-state index contributed by atoms with van der Waals surface area (Å²) in [5, 5.41) is 4.36. The van der Waals surface area contributed by atoms with Crippen LogP contribution in [0.15, 0.2) is 22.0 Å². The van der Waals surface area contributed by atoms with Gasteiger partial charge in [0.25, 0.3) is 0 Å². The molecule has 1 amide bonds. The van der Waals surface area contributed by atoms with Crippen LogP contribution < -0.4 is 11.5 Å². The summed E-state index contributed by atoms with van der Waals surface area (Å²) in [6.45, 7) is 0.588. The first kappa shape index (κ1) is 14.5. The average Bonchev–Trinajstić information content (AvgIpc) is 2.87. The molecule has 0 bridgehead atoms. The molecule has 0 fully saturated rings. The van der Waals surface area contributed by atoms with Crippen LogP contribution in [0, 0.1) is 0 Å². The van der Waals surface area contributed by atoms with E-state index in [-0.39, 0.29) is 23.6 Å².